The van der Waals surface area contributed by atoms with Crippen LogP contribution in [0.3, 0.4) is 0 Å². The van der Waals surface area contributed by atoms with Crippen molar-refractivity contribution < 1.29 is 18.0 Å². The summed E-state index contributed by atoms with van der Waals surface area (Å²) in [4.78, 5) is 28.5. The van der Waals surface area contributed by atoms with E-state index in [0.29, 0.717) is 5.69 Å². The standard InChI is InChI=1S/C31H39N3O4S/c1-22(2)27-15-17-28(18-16-27)34(39(37,38)29-13-8-7-9-14-29)21-30(35)33(25(6)31(36)32-23(3)4)20-26-12-10-11-24(5)19-26/h7-19,22-23,25H,20-21H2,1-6H3,(H,32,36)/t25-/m0/s1. The Kier molecular flexibility index (Phi) is 9.92. The van der Waals surface area contributed by atoms with Gasteiger partial charge < -0.3 is 10.2 Å². The first-order valence-electron chi connectivity index (χ1n) is 13.2. The van der Waals surface area contributed by atoms with E-state index in [1.807, 2.05) is 57.2 Å². The molecule has 0 spiro atoms. The minimum atomic E-state index is -4.08. The van der Waals surface area contributed by atoms with Gasteiger partial charge in [-0.05, 0) is 69.0 Å². The van der Waals surface area contributed by atoms with Crippen LogP contribution in [-0.2, 0) is 26.2 Å². The minimum Gasteiger partial charge on any atom is -0.352 e. The van der Waals surface area contributed by atoms with Crippen molar-refractivity contribution in [2.75, 3.05) is 10.8 Å². The topological polar surface area (TPSA) is 86.8 Å². The van der Waals surface area contributed by atoms with Gasteiger partial charge >= 0.3 is 0 Å². The van der Waals surface area contributed by atoms with Crippen LogP contribution >= 0.6 is 0 Å². The Morgan fingerprint density at radius 3 is 2.05 bits per heavy atom. The van der Waals surface area contributed by atoms with Gasteiger partial charge in [-0.1, -0.05) is 74.0 Å². The molecule has 2 amide bonds. The maximum atomic E-state index is 13.9. The maximum Gasteiger partial charge on any atom is 0.264 e. The fraction of sp³-hybridized carbons (Fsp3) is 0.355. The van der Waals surface area contributed by atoms with Gasteiger partial charge in [0, 0.05) is 12.6 Å². The Balaban J connectivity index is 2.03. The molecule has 0 bridgehead atoms. The fourth-order valence-corrected chi connectivity index (χ4v) is 5.70. The molecule has 0 aliphatic heterocycles. The van der Waals surface area contributed by atoms with Crippen LogP contribution in [-0.4, -0.2) is 43.8 Å². The lowest BCUT2D eigenvalue weighted by Crippen LogP contribution is -2.52. The molecule has 3 aromatic rings. The Hall–Kier alpha value is -3.65. The first-order chi connectivity index (χ1) is 18.4. The lowest BCUT2D eigenvalue weighted by molar-refractivity contribution is -0.139. The number of nitrogens with zero attached hydrogens (tertiary/aromatic N) is 2. The zero-order valence-corrected chi connectivity index (χ0v) is 24.4. The normalized spacial score (nSPS) is 12.3. The predicted octanol–water partition coefficient (Wildman–Crippen LogP) is 5.26. The van der Waals surface area contributed by atoms with Crippen molar-refractivity contribution in [3.63, 3.8) is 0 Å². The monoisotopic (exact) mass is 549 g/mol. The largest absolute Gasteiger partial charge is 0.352 e. The molecule has 0 heterocycles. The van der Waals surface area contributed by atoms with Gasteiger partial charge in [-0.3, -0.25) is 13.9 Å². The quantitative estimate of drug-likeness (QED) is 0.354. The highest BCUT2D eigenvalue weighted by Crippen LogP contribution is 2.26. The van der Waals surface area contributed by atoms with Gasteiger partial charge in [-0.15, -0.1) is 0 Å². The summed E-state index contributed by atoms with van der Waals surface area (Å²) in [5.74, 6) is -0.509. The third-order valence-corrected chi connectivity index (χ3v) is 8.28. The molecule has 0 aliphatic carbocycles. The molecule has 208 valence electrons. The van der Waals surface area contributed by atoms with Crippen LogP contribution in [0.15, 0.2) is 83.8 Å². The van der Waals surface area contributed by atoms with Crippen molar-refractivity contribution in [1.29, 1.82) is 0 Å². The van der Waals surface area contributed by atoms with Gasteiger partial charge in [0.2, 0.25) is 11.8 Å². The van der Waals surface area contributed by atoms with Gasteiger partial charge in [0.1, 0.15) is 12.6 Å². The third-order valence-electron chi connectivity index (χ3n) is 6.49. The molecule has 0 aliphatic rings. The summed E-state index contributed by atoms with van der Waals surface area (Å²) in [7, 11) is -4.08. The number of nitrogens with one attached hydrogen (secondary N) is 1. The number of hydrogen-bond acceptors (Lipinski definition) is 4. The SMILES string of the molecule is Cc1cccc(CN(C(=O)CN(c2ccc(C(C)C)cc2)S(=O)(=O)c2ccccc2)[C@@H](C)C(=O)NC(C)C)c1. The van der Waals surface area contributed by atoms with E-state index in [-0.39, 0.29) is 29.3 Å². The second-order valence-corrected chi connectivity index (χ2v) is 12.3. The van der Waals surface area contributed by atoms with E-state index < -0.39 is 28.5 Å². The fourth-order valence-electron chi connectivity index (χ4n) is 4.27. The average Bonchev–Trinajstić information content (AvgIpc) is 2.90. The number of sulfonamides is 1. The molecule has 1 atom stereocenters. The lowest BCUT2D eigenvalue weighted by atomic mass is 10.0. The van der Waals surface area contributed by atoms with Crippen molar-refractivity contribution in [1.82, 2.24) is 10.2 Å². The second kappa shape index (κ2) is 12.9. The average molecular weight is 550 g/mol. The van der Waals surface area contributed by atoms with Gasteiger partial charge in [-0.25, -0.2) is 8.42 Å². The summed E-state index contributed by atoms with van der Waals surface area (Å²) in [6.07, 6.45) is 0. The van der Waals surface area contributed by atoms with Gasteiger partial charge in [0.25, 0.3) is 10.0 Å². The first kappa shape index (κ1) is 29.9. The van der Waals surface area contributed by atoms with Crippen molar-refractivity contribution in [3.8, 4) is 0 Å². The molecule has 0 saturated heterocycles. The molecular weight excluding hydrogens is 510 g/mol. The minimum absolute atomic E-state index is 0.0848. The van der Waals surface area contributed by atoms with Gasteiger partial charge in [-0.2, -0.15) is 0 Å². The number of hydrogen-bond donors (Lipinski definition) is 1. The zero-order valence-electron chi connectivity index (χ0n) is 23.6. The number of carbonyl (C=O) groups excluding carboxylic acids is 2. The highest BCUT2D eigenvalue weighted by molar-refractivity contribution is 7.92. The predicted molar refractivity (Wildman–Crippen MR) is 156 cm³/mol. The van der Waals surface area contributed by atoms with E-state index in [9.17, 15) is 18.0 Å². The second-order valence-electron chi connectivity index (χ2n) is 10.4. The van der Waals surface area contributed by atoms with Gasteiger partial charge in [0.05, 0.1) is 10.6 Å². The lowest BCUT2D eigenvalue weighted by Gasteiger charge is -2.32. The molecule has 7 nitrogen and oxygen atoms in total. The van der Waals surface area contributed by atoms with Crippen LogP contribution in [0.5, 0.6) is 0 Å². The van der Waals surface area contributed by atoms with E-state index in [4.69, 9.17) is 0 Å². The third kappa shape index (κ3) is 7.69. The highest BCUT2D eigenvalue weighted by atomic mass is 32.2. The first-order valence-corrected chi connectivity index (χ1v) is 14.7. The Labute approximate surface area is 232 Å². The van der Waals surface area contributed by atoms with E-state index >= 15 is 0 Å². The molecule has 0 saturated carbocycles. The summed E-state index contributed by atoms with van der Waals surface area (Å²) in [6, 6.07) is 22.0. The molecule has 8 heteroatoms. The van der Waals surface area contributed by atoms with Crippen molar-refractivity contribution in [2.45, 2.75) is 71.0 Å². The summed E-state index contributed by atoms with van der Waals surface area (Å²) in [5, 5.41) is 2.87. The van der Waals surface area contributed by atoms with E-state index in [2.05, 4.69) is 19.2 Å². The molecule has 0 fully saturated rings. The van der Waals surface area contributed by atoms with Crippen molar-refractivity contribution in [2.24, 2.45) is 0 Å². The number of anilines is 1. The molecular formula is C31H39N3O4S. The van der Waals surface area contributed by atoms with Gasteiger partial charge in [0.15, 0.2) is 0 Å². The molecule has 0 aromatic heterocycles. The molecule has 1 N–H and O–H groups in total. The highest BCUT2D eigenvalue weighted by Gasteiger charge is 2.32. The van der Waals surface area contributed by atoms with Crippen LogP contribution in [0.4, 0.5) is 5.69 Å². The maximum absolute atomic E-state index is 13.9. The van der Waals surface area contributed by atoms with E-state index in [1.165, 1.54) is 17.0 Å². The van der Waals surface area contributed by atoms with Crippen LogP contribution in [0.25, 0.3) is 0 Å². The molecule has 3 rings (SSSR count). The number of aryl methyl sites for hydroxylation is 1. The van der Waals surface area contributed by atoms with Crippen molar-refractivity contribution in [3.05, 3.63) is 95.6 Å². The van der Waals surface area contributed by atoms with Crippen LogP contribution < -0.4 is 9.62 Å². The smallest absolute Gasteiger partial charge is 0.264 e. The van der Waals surface area contributed by atoms with Crippen LogP contribution in [0.1, 0.15) is 57.2 Å². The van der Waals surface area contributed by atoms with Crippen LogP contribution in [0, 0.1) is 6.92 Å². The molecule has 0 radical (unpaired) electrons. The molecule has 3 aromatic carbocycles. The summed E-state index contributed by atoms with van der Waals surface area (Å²) in [6.45, 7) is 11.2. The summed E-state index contributed by atoms with van der Waals surface area (Å²) >= 11 is 0. The Morgan fingerprint density at radius 2 is 1.49 bits per heavy atom. The van der Waals surface area contributed by atoms with E-state index in [0.717, 1.165) is 21.0 Å². The Morgan fingerprint density at radius 1 is 0.846 bits per heavy atom. The van der Waals surface area contributed by atoms with Crippen LogP contribution in [0.2, 0.25) is 0 Å². The number of benzene rings is 3. The number of amides is 2. The zero-order chi connectivity index (χ0) is 28.7. The number of rotatable bonds is 11. The van der Waals surface area contributed by atoms with E-state index in [1.54, 1.807) is 37.3 Å². The number of carbonyl (C=O) groups is 2. The Bertz CT molecular complexity index is 1370. The molecule has 39 heavy (non-hydrogen) atoms. The molecule has 0 unspecified atom stereocenters. The summed E-state index contributed by atoms with van der Waals surface area (Å²) < 4.78 is 28.8. The van der Waals surface area contributed by atoms with Crippen molar-refractivity contribution >= 4 is 27.5 Å². The summed E-state index contributed by atoms with van der Waals surface area (Å²) in [5.41, 5.74) is 3.32.